The molecule has 112 valence electrons. The zero-order valence-electron chi connectivity index (χ0n) is 10.9. The maximum absolute atomic E-state index is 13.7. The number of alkyl halides is 1. The molecular weight excluding hydrogens is 308 g/mol. The zero-order valence-corrected chi connectivity index (χ0v) is 12.4. The van der Waals surface area contributed by atoms with E-state index in [2.05, 4.69) is 0 Å². The van der Waals surface area contributed by atoms with Crippen molar-refractivity contribution in [3.8, 4) is 0 Å². The molecule has 0 radical (unpaired) electrons. The summed E-state index contributed by atoms with van der Waals surface area (Å²) in [6, 6.07) is 2.39. The molecule has 1 saturated heterocycles. The summed E-state index contributed by atoms with van der Waals surface area (Å²) in [5, 5.41) is 0. The van der Waals surface area contributed by atoms with Crippen molar-refractivity contribution in [2.24, 2.45) is 0 Å². The van der Waals surface area contributed by atoms with Gasteiger partial charge in [0.25, 0.3) is 0 Å². The highest BCUT2D eigenvalue weighted by Gasteiger charge is 2.36. The number of benzene rings is 1. The van der Waals surface area contributed by atoms with Crippen molar-refractivity contribution >= 4 is 21.6 Å². The number of halogens is 3. The van der Waals surface area contributed by atoms with Crippen LogP contribution in [0.25, 0.3) is 0 Å². The summed E-state index contributed by atoms with van der Waals surface area (Å²) in [6.45, 7) is 0.367. The van der Waals surface area contributed by atoms with Gasteiger partial charge in [0.15, 0.2) is 0 Å². The van der Waals surface area contributed by atoms with E-state index < -0.39 is 26.6 Å². The molecule has 7 heteroatoms. The lowest BCUT2D eigenvalue weighted by atomic mass is 10.1. The average Bonchev–Trinajstić information content (AvgIpc) is 2.84. The van der Waals surface area contributed by atoms with E-state index in [4.69, 9.17) is 11.6 Å². The molecule has 0 spiro atoms. The highest BCUT2D eigenvalue weighted by Crippen LogP contribution is 2.29. The summed E-state index contributed by atoms with van der Waals surface area (Å²) in [6.07, 6.45) is 2.86. The molecule has 0 N–H and O–H groups in total. The molecule has 1 unspecified atom stereocenters. The lowest BCUT2D eigenvalue weighted by Crippen LogP contribution is -2.36. The van der Waals surface area contributed by atoms with Crippen molar-refractivity contribution < 1.29 is 17.2 Å². The molecule has 1 fully saturated rings. The first-order chi connectivity index (χ1) is 9.46. The Kier molecular flexibility index (Phi) is 4.99. The quantitative estimate of drug-likeness (QED) is 0.781. The predicted octanol–water partition coefficient (Wildman–Crippen LogP) is 3.14. The summed E-state index contributed by atoms with van der Waals surface area (Å²) in [4.78, 5) is -0.461. The Hall–Kier alpha value is -0.720. The fourth-order valence-corrected chi connectivity index (χ4v) is 4.46. The Morgan fingerprint density at radius 2 is 2.10 bits per heavy atom. The van der Waals surface area contributed by atoms with Crippen molar-refractivity contribution in [1.29, 1.82) is 0 Å². The zero-order chi connectivity index (χ0) is 14.8. The Balaban J connectivity index is 2.29. The largest absolute Gasteiger partial charge is 0.246 e. The van der Waals surface area contributed by atoms with Crippen LogP contribution in [-0.2, 0) is 10.0 Å². The van der Waals surface area contributed by atoms with Crippen LogP contribution in [-0.4, -0.2) is 31.2 Å². The molecule has 3 nitrogen and oxygen atoms in total. The lowest BCUT2D eigenvalue weighted by Gasteiger charge is -2.24. The highest BCUT2D eigenvalue weighted by atomic mass is 35.5. The predicted molar refractivity (Wildman–Crippen MR) is 73.2 cm³/mol. The molecule has 1 atom stereocenters. The summed E-state index contributed by atoms with van der Waals surface area (Å²) in [7, 11) is -3.92. The van der Waals surface area contributed by atoms with Crippen molar-refractivity contribution in [2.45, 2.75) is 36.6 Å². The van der Waals surface area contributed by atoms with Gasteiger partial charge >= 0.3 is 0 Å². The summed E-state index contributed by atoms with van der Waals surface area (Å²) in [5.74, 6) is -1.37. The maximum Gasteiger partial charge on any atom is 0.246 e. The standard InChI is InChI=1S/C13H16ClF2NO2S/c14-7-1-3-11-4-2-8-17(11)20(18,19)13-6-5-10(15)9-12(13)16/h5-6,9,11H,1-4,7-8H2. The van der Waals surface area contributed by atoms with Crippen LogP contribution in [0.2, 0.25) is 0 Å². The monoisotopic (exact) mass is 323 g/mol. The number of hydrogen-bond donors (Lipinski definition) is 0. The highest BCUT2D eigenvalue weighted by molar-refractivity contribution is 7.89. The van der Waals surface area contributed by atoms with Crippen molar-refractivity contribution in [3.05, 3.63) is 29.8 Å². The normalized spacial score (nSPS) is 20.4. The van der Waals surface area contributed by atoms with Crippen LogP contribution < -0.4 is 0 Å². The fraction of sp³-hybridized carbons (Fsp3) is 0.538. The first-order valence-corrected chi connectivity index (χ1v) is 8.47. The van der Waals surface area contributed by atoms with Gasteiger partial charge in [-0.25, -0.2) is 17.2 Å². The number of sulfonamides is 1. The molecule has 20 heavy (non-hydrogen) atoms. The number of rotatable bonds is 5. The van der Waals surface area contributed by atoms with Crippen LogP contribution in [0.15, 0.2) is 23.1 Å². The second-order valence-electron chi connectivity index (χ2n) is 4.82. The molecule has 2 rings (SSSR count). The molecule has 0 aromatic heterocycles. The molecule has 1 aromatic carbocycles. The third kappa shape index (κ3) is 3.13. The fourth-order valence-electron chi connectivity index (χ4n) is 2.54. The van der Waals surface area contributed by atoms with Gasteiger partial charge in [0.05, 0.1) is 0 Å². The third-order valence-electron chi connectivity index (χ3n) is 3.47. The Morgan fingerprint density at radius 1 is 1.35 bits per heavy atom. The molecular formula is C13H16ClF2NO2S. The summed E-state index contributed by atoms with van der Waals surface area (Å²) < 4.78 is 52.9. The van der Waals surface area contributed by atoms with Gasteiger partial charge in [0, 0.05) is 24.5 Å². The Morgan fingerprint density at radius 3 is 2.75 bits per heavy atom. The second kappa shape index (κ2) is 6.37. The number of nitrogens with zero attached hydrogens (tertiary/aromatic N) is 1. The van der Waals surface area contributed by atoms with Gasteiger partial charge in [0.2, 0.25) is 10.0 Å². The number of hydrogen-bond acceptors (Lipinski definition) is 2. The minimum Gasteiger partial charge on any atom is -0.207 e. The van der Waals surface area contributed by atoms with Gasteiger partial charge in [-0.05, 0) is 37.8 Å². The van der Waals surface area contributed by atoms with E-state index in [0.29, 0.717) is 31.3 Å². The smallest absolute Gasteiger partial charge is 0.207 e. The van der Waals surface area contributed by atoms with Gasteiger partial charge in [-0.1, -0.05) is 0 Å². The second-order valence-corrected chi connectivity index (χ2v) is 7.05. The van der Waals surface area contributed by atoms with Crippen LogP contribution in [0, 0.1) is 11.6 Å². The van der Waals surface area contributed by atoms with Crippen molar-refractivity contribution in [3.63, 3.8) is 0 Å². The van der Waals surface area contributed by atoms with Gasteiger partial charge < -0.3 is 0 Å². The van der Waals surface area contributed by atoms with E-state index in [1.165, 1.54) is 4.31 Å². The van der Waals surface area contributed by atoms with Crippen LogP contribution in [0.3, 0.4) is 0 Å². The van der Waals surface area contributed by atoms with Crippen molar-refractivity contribution in [1.82, 2.24) is 4.31 Å². The average molecular weight is 324 g/mol. The van der Waals surface area contributed by atoms with Crippen molar-refractivity contribution in [2.75, 3.05) is 12.4 Å². The molecule has 1 heterocycles. The Labute approximate surface area is 122 Å². The van der Waals surface area contributed by atoms with E-state index in [9.17, 15) is 17.2 Å². The molecule has 0 bridgehead atoms. The minimum atomic E-state index is -3.92. The SMILES string of the molecule is O=S(=O)(c1ccc(F)cc1F)N1CCCC1CCCCl. The van der Waals surface area contributed by atoms with E-state index >= 15 is 0 Å². The molecule has 1 aliphatic rings. The Bertz CT molecular complexity index is 580. The van der Waals surface area contributed by atoms with E-state index in [-0.39, 0.29) is 6.04 Å². The van der Waals surface area contributed by atoms with Crippen LogP contribution >= 0.6 is 11.6 Å². The van der Waals surface area contributed by atoms with E-state index in [0.717, 1.165) is 25.0 Å². The molecule has 1 aliphatic heterocycles. The summed E-state index contributed by atoms with van der Waals surface area (Å²) in [5.41, 5.74) is 0. The third-order valence-corrected chi connectivity index (χ3v) is 5.73. The molecule has 0 amide bonds. The van der Waals surface area contributed by atoms with E-state index in [1.54, 1.807) is 0 Å². The molecule has 0 aliphatic carbocycles. The van der Waals surface area contributed by atoms with Crippen LogP contribution in [0.1, 0.15) is 25.7 Å². The van der Waals surface area contributed by atoms with Gasteiger partial charge in [-0.15, -0.1) is 11.6 Å². The van der Waals surface area contributed by atoms with E-state index in [1.807, 2.05) is 0 Å². The summed E-state index contributed by atoms with van der Waals surface area (Å²) >= 11 is 5.63. The van der Waals surface area contributed by atoms with Gasteiger partial charge in [-0.3, -0.25) is 0 Å². The first-order valence-electron chi connectivity index (χ1n) is 6.49. The maximum atomic E-state index is 13.7. The molecule has 0 saturated carbocycles. The topological polar surface area (TPSA) is 37.4 Å². The van der Waals surface area contributed by atoms with Crippen LogP contribution in [0.4, 0.5) is 8.78 Å². The molecule has 1 aromatic rings. The van der Waals surface area contributed by atoms with Gasteiger partial charge in [0.1, 0.15) is 16.5 Å². The van der Waals surface area contributed by atoms with Crippen LogP contribution in [0.5, 0.6) is 0 Å². The first kappa shape index (κ1) is 15.7. The lowest BCUT2D eigenvalue weighted by molar-refractivity contribution is 0.366. The minimum absolute atomic E-state index is 0.150. The van der Waals surface area contributed by atoms with Gasteiger partial charge in [-0.2, -0.15) is 4.31 Å².